The molecule has 0 spiro atoms. The van der Waals surface area contributed by atoms with Crippen LogP contribution in [0.2, 0.25) is 0 Å². The molecule has 0 bridgehead atoms. The zero-order valence-electron chi connectivity index (χ0n) is 19.4. The van der Waals surface area contributed by atoms with Gasteiger partial charge >= 0.3 is 0 Å². The van der Waals surface area contributed by atoms with Crippen LogP contribution in [0.3, 0.4) is 0 Å². The number of carbonyl (C=O) groups is 1. The van der Waals surface area contributed by atoms with E-state index in [2.05, 4.69) is 28.2 Å². The van der Waals surface area contributed by atoms with Crippen molar-refractivity contribution in [2.24, 2.45) is 0 Å². The summed E-state index contributed by atoms with van der Waals surface area (Å²) in [7, 11) is 5.70. The Kier molecular flexibility index (Phi) is 6.07. The summed E-state index contributed by atoms with van der Waals surface area (Å²) in [5.74, 6) is 1.36. The van der Waals surface area contributed by atoms with Crippen LogP contribution < -0.4 is 14.8 Å². The molecule has 1 aliphatic carbocycles. The number of nitrogens with one attached hydrogen (secondary N) is 1. The summed E-state index contributed by atoms with van der Waals surface area (Å²) in [5, 5.41) is 4.35. The molecule has 1 N–H and O–H groups in total. The molecular weight excluding hydrogens is 402 g/mol. The number of likely N-dealkylation sites (N-methyl/N-ethyl adjacent to an activating group) is 1. The van der Waals surface area contributed by atoms with Crippen LogP contribution in [0.25, 0.3) is 10.9 Å². The Morgan fingerprint density at radius 3 is 2.66 bits per heavy atom. The van der Waals surface area contributed by atoms with E-state index in [0.29, 0.717) is 17.9 Å². The van der Waals surface area contributed by atoms with Gasteiger partial charge in [0.25, 0.3) is 5.91 Å². The normalized spacial score (nSPS) is 15.4. The van der Waals surface area contributed by atoms with Gasteiger partial charge in [-0.1, -0.05) is 12.1 Å². The van der Waals surface area contributed by atoms with E-state index in [-0.39, 0.29) is 11.9 Å². The Labute approximate surface area is 189 Å². The molecule has 0 aliphatic heterocycles. The smallest absolute Gasteiger partial charge is 0.252 e. The number of benzene rings is 2. The molecule has 1 atom stereocenters. The van der Waals surface area contributed by atoms with Crippen LogP contribution in [0.1, 0.15) is 41.3 Å². The summed E-state index contributed by atoms with van der Waals surface area (Å²) < 4.78 is 11.4. The van der Waals surface area contributed by atoms with E-state index >= 15 is 0 Å². The van der Waals surface area contributed by atoms with Gasteiger partial charge < -0.3 is 19.7 Å². The first-order valence-corrected chi connectivity index (χ1v) is 11.0. The van der Waals surface area contributed by atoms with Crippen LogP contribution >= 0.6 is 0 Å². The van der Waals surface area contributed by atoms with Crippen LogP contribution in [0.15, 0.2) is 48.7 Å². The van der Waals surface area contributed by atoms with Crippen molar-refractivity contribution in [2.75, 3.05) is 27.8 Å². The highest BCUT2D eigenvalue weighted by molar-refractivity contribution is 5.97. The molecule has 32 heavy (non-hydrogen) atoms. The van der Waals surface area contributed by atoms with E-state index in [9.17, 15) is 4.79 Å². The second-order valence-electron chi connectivity index (χ2n) is 8.88. The highest BCUT2D eigenvalue weighted by Crippen LogP contribution is 2.49. The van der Waals surface area contributed by atoms with E-state index in [1.165, 1.54) is 0 Å². The largest absolute Gasteiger partial charge is 0.497 e. The van der Waals surface area contributed by atoms with Gasteiger partial charge in [-0.15, -0.1) is 0 Å². The van der Waals surface area contributed by atoms with Crippen molar-refractivity contribution < 1.29 is 14.3 Å². The van der Waals surface area contributed by atoms with Gasteiger partial charge in [0.2, 0.25) is 0 Å². The van der Waals surface area contributed by atoms with Gasteiger partial charge in [-0.2, -0.15) is 0 Å². The highest BCUT2D eigenvalue weighted by atomic mass is 16.5. The number of nitrogens with zero attached hydrogens (tertiary/aromatic N) is 2. The van der Waals surface area contributed by atoms with Crippen molar-refractivity contribution in [1.82, 2.24) is 15.2 Å². The van der Waals surface area contributed by atoms with Gasteiger partial charge in [-0.05, 0) is 76.2 Å². The summed E-state index contributed by atoms with van der Waals surface area (Å²) in [6.45, 7) is 4.61. The predicted octanol–water partition coefficient (Wildman–Crippen LogP) is 4.30. The number of pyridine rings is 1. The average molecular weight is 434 g/mol. The fraction of sp³-hybridized carbons (Fsp3) is 0.385. The number of hydrogen-bond acceptors (Lipinski definition) is 5. The maximum absolute atomic E-state index is 13.4. The van der Waals surface area contributed by atoms with Crippen molar-refractivity contribution in [3.8, 4) is 11.5 Å². The first-order valence-electron chi connectivity index (χ1n) is 11.0. The van der Waals surface area contributed by atoms with Crippen molar-refractivity contribution in [3.05, 3.63) is 65.4 Å². The molecule has 1 aliphatic rings. The van der Waals surface area contributed by atoms with Crippen LogP contribution in [-0.4, -0.2) is 49.6 Å². The van der Waals surface area contributed by atoms with Gasteiger partial charge in [0.05, 0.1) is 18.2 Å². The molecule has 1 aromatic heterocycles. The Hall–Kier alpha value is -3.12. The number of amides is 1. The Morgan fingerprint density at radius 1 is 1.19 bits per heavy atom. The second-order valence-corrected chi connectivity index (χ2v) is 8.88. The van der Waals surface area contributed by atoms with E-state index < -0.39 is 5.54 Å². The number of hydrogen-bond donors (Lipinski definition) is 1. The van der Waals surface area contributed by atoms with Gasteiger partial charge in [0, 0.05) is 29.3 Å². The first-order chi connectivity index (χ1) is 15.3. The standard InChI is InChI=1S/C26H31N3O3/c1-17-8-9-19(32-16-18(2)29(3)4)13-22(17)25(30)28-26(10-11-26)23-14-20(31-5)15-24-21(23)7-6-12-27-24/h6-9,12-15,18H,10-11,16H2,1-5H3,(H,28,30). The topological polar surface area (TPSA) is 63.7 Å². The molecule has 1 saturated carbocycles. The molecule has 6 nitrogen and oxygen atoms in total. The first kappa shape index (κ1) is 22.1. The Balaban J connectivity index is 1.60. The monoisotopic (exact) mass is 433 g/mol. The summed E-state index contributed by atoms with van der Waals surface area (Å²) in [4.78, 5) is 20.0. The molecule has 1 heterocycles. The third kappa shape index (κ3) is 4.41. The molecule has 168 valence electrons. The van der Waals surface area contributed by atoms with Crippen molar-refractivity contribution in [3.63, 3.8) is 0 Å². The van der Waals surface area contributed by atoms with Crippen LogP contribution in [0.4, 0.5) is 0 Å². The Morgan fingerprint density at radius 2 is 1.97 bits per heavy atom. The van der Waals surface area contributed by atoms with Crippen LogP contribution in [0, 0.1) is 6.92 Å². The maximum Gasteiger partial charge on any atom is 0.252 e. The predicted molar refractivity (Wildman–Crippen MR) is 126 cm³/mol. The lowest BCUT2D eigenvalue weighted by Crippen LogP contribution is -2.35. The zero-order chi connectivity index (χ0) is 22.9. The third-order valence-corrected chi connectivity index (χ3v) is 6.37. The molecule has 3 aromatic rings. The molecule has 0 radical (unpaired) electrons. The lowest BCUT2D eigenvalue weighted by atomic mass is 9.97. The summed E-state index contributed by atoms with van der Waals surface area (Å²) in [5.41, 5.74) is 3.07. The lowest BCUT2D eigenvalue weighted by Gasteiger charge is -2.22. The minimum absolute atomic E-state index is 0.0917. The minimum atomic E-state index is -0.407. The SMILES string of the molecule is COc1cc(C2(NC(=O)c3cc(OCC(C)N(C)C)ccc3C)CC2)c2cccnc2c1. The molecule has 1 fully saturated rings. The summed E-state index contributed by atoms with van der Waals surface area (Å²) >= 11 is 0. The van der Waals surface area contributed by atoms with Gasteiger partial charge in [0.15, 0.2) is 0 Å². The third-order valence-electron chi connectivity index (χ3n) is 6.37. The van der Waals surface area contributed by atoms with Gasteiger partial charge in [0.1, 0.15) is 18.1 Å². The lowest BCUT2D eigenvalue weighted by molar-refractivity contribution is 0.0930. The number of methoxy groups -OCH3 is 1. The maximum atomic E-state index is 13.4. The van der Waals surface area contributed by atoms with E-state index in [1.807, 2.05) is 57.4 Å². The van der Waals surface area contributed by atoms with E-state index in [4.69, 9.17) is 9.47 Å². The van der Waals surface area contributed by atoms with Crippen molar-refractivity contribution in [2.45, 2.75) is 38.3 Å². The van der Waals surface area contributed by atoms with E-state index in [0.717, 1.165) is 40.6 Å². The quantitative estimate of drug-likeness (QED) is 0.574. The molecule has 4 rings (SSSR count). The fourth-order valence-corrected chi connectivity index (χ4v) is 3.84. The molecule has 2 aromatic carbocycles. The fourth-order valence-electron chi connectivity index (χ4n) is 3.84. The van der Waals surface area contributed by atoms with Gasteiger partial charge in [-0.25, -0.2) is 0 Å². The zero-order valence-corrected chi connectivity index (χ0v) is 19.4. The summed E-state index contributed by atoms with van der Waals surface area (Å²) in [6.07, 6.45) is 3.53. The number of aromatic nitrogens is 1. The number of ether oxygens (including phenoxy) is 2. The van der Waals surface area contributed by atoms with Crippen molar-refractivity contribution in [1.29, 1.82) is 0 Å². The second kappa shape index (κ2) is 8.79. The molecule has 6 heteroatoms. The summed E-state index contributed by atoms with van der Waals surface area (Å²) in [6, 6.07) is 13.9. The number of fused-ring (bicyclic) bond motifs is 1. The molecule has 0 saturated heterocycles. The van der Waals surface area contributed by atoms with Crippen LogP contribution in [-0.2, 0) is 5.54 Å². The van der Waals surface area contributed by atoms with Gasteiger partial charge in [-0.3, -0.25) is 9.78 Å². The highest BCUT2D eigenvalue weighted by Gasteiger charge is 2.47. The number of carbonyl (C=O) groups excluding carboxylic acids is 1. The number of aryl methyl sites for hydroxylation is 1. The molecule has 1 amide bonds. The average Bonchev–Trinajstić information content (AvgIpc) is 3.57. The van der Waals surface area contributed by atoms with E-state index in [1.54, 1.807) is 13.3 Å². The molecular formula is C26H31N3O3. The Bertz CT molecular complexity index is 1140. The minimum Gasteiger partial charge on any atom is -0.497 e. The molecule has 1 unspecified atom stereocenters. The van der Waals surface area contributed by atoms with Crippen LogP contribution in [0.5, 0.6) is 11.5 Å². The van der Waals surface area contributed by atoms with Crippen molar-refractivity contribution >= 4 is 16.8 Å². The number of rotatable bonds is 8.